The number of nitrogens with two attached hydrogens (primary N) is 2. The zero-order chi connectivity index (χ0) is 89.6. The van der Waals surface area contributed by atoms with Crippen LogP contribution in [-0.2, 0) is 99.1 Å². The van der Waals surface area contributed by atoms with Crippen LogP contribution in [0, 0.1) is 23.7 Å². The van der Waals surface area contributed by atoms with E-state index >= 15 is 0 Å². The first-order chi connectivity index (χ1) is 56.7. The third-order valence-corrected chi connectivity index (χ3v) is 20.3. The number of benzene rings is 1. The van der Waals surface area contributed by atoms with Gasteiger partial charge in [0.1, 0.15) is 72.5 Å². The fourth-order valence-corrected chi connectivity index (χ4v) is 13.1. The standard InChI is InChI=1S/C77H120N20O22S/c1-10-40(7)62(95-59(101)35-83-65(106)47-20-16-26-81-47)75(116)92-53(29-43-32-82-46-18-13-12-17-45(43)46)71(112)88-50(21-23-57(79)99)67(108)89-52(28-39(5)6)70(111)91-55(31-61(104)105)73(114)94-56(36-120)74(115)97-64(42(9)98)76(117)93-54(30-44-33-80-37-85-44)72(113)90-51(27-38(3)4)69(110)87-49(22-24-60(102)103)66(107)84-34-58(100)86-48(19-14-15-25-78)68(109)96-63(77(118)119)41(8)11-2/h12-13,17-18,32-33,37-42,47-56,62-64,81-82,98,120H,10-11,14-16,19-31,34-36,78H2,1-9H3,(H2,79,99)(H,80,85)(H,83,106)(H,84,107)(H,86,100)(H,87,110)(H,88,112)(H,89,108)(H,90,113)(H,91,111)(H,92,116)(H,93,117)(H,94,114)(H,95,101)(H,96,109)(H,97,115)(H,102,103)(H,104,105)(H,118,119)/t40-,41-,42+,47-,48-,49-,50-,51-,52-,53-,54-,55-,56-,62-,63-,64-/m0/s1. The van der Waals surface area contributed by atoms with Gasteiger partial charge in [0.25, 0.3) is 0 Å². The number of hydrogen-bond donors (Lipinski definition) is 24. The fourth-order valence-electron chi connectivity index (χ4n) is 12.8. The largest absolute Gasteiger partial charge is 0.481 e. The Balaban J connectivity index is 1.55. The molecule has 0 spiro atoms. The van der Waals surface area contributed by atoms with Gasteiger partial charge in [0.2, 0.25) is 88.6 Å². The summed E-state index contributed by atoms with van der Waals surface area (Å²) in [6.07, 6.45) is 0.808. The number of primary amides is 1. The lowest BCUT2D eigenvalue weighted by Gasteiger charge is -2.29. The molecule has 0 bridgehead atoms. The van der Waals surface area contributed by atoms with Gasteiger partial charge in [-0.1, -0.05) is 86.4 Å². The van der Waals surface area contributed by atoms with E-state index in [0.29, 0.717) is 55.1 Å². The number of carbonyl (C=O) groups is 18. The Morgan fingerprint density at radius 1 is 0.517 bits per heavy atom. The third-order valence-electron chi connectivity index (χ3n) is 19.9. The number of amides is 15. The second kappa shape index (κ2) is 51.2. The maximum absolute atomic E-state index is 14.8. The van der Waals surface area contributed by atoms with E-state index in [9.17, 15) is 107 Å². The van der Waals surface area contributed by atoms with Crippen molar-refractivity contribution in [3.63, 3.8) is 0 Å². The molecular weight excluding hydrogens is 1590 g/mol. The number of nitrogens with one attached hydrogen (secondary N) is 17. The number of para-hydroxylation sites is 1. The number of rotatable bonds is 55. The quantitative estimate of drug-likeness (QED) is 0.0188. The number of hydrogen-bond acceptors (Lipinski definition) is 23. The van der Waals surface area contributed by atoms with E-state index < -0.39 is 272 Å². The molecule has 15 amide bonds. The first kappa shape index (κ1) is 101. The molecular formula is C77H120N20O22S. The maximum Gasteiger partial charge on any atom is 0.326 e. The van der Waals surface area contributed by atoms with Crippen molar-refractivity contribution >= 4 is 130 Å². The number of aliphatic hydroxyl groups is 1. The first-order valence-corrected chi connectivity index (χ1v) is 40.7. The Morgan fingerprint density at radius 2 is 1.00 bits per heavy atom. The SMILES string of the molecule is CC[C@H](C)[C@H](NC(=O)[C@H](CCCCN)NC(=O)CNC(=O)[C@H](CCC(=O)O)NC(=O)[C@H](CC(C)C)NC(=O)[C@H](Cc1cnc[nH]1)NC(=O)[C@@H](NC(=O)[C@H](CS)NC(=O)[C@H](CC(=O)O)NC(=O)[C@H](CC(C)C)NC(=O)[C@H](CCC(N)=O)NC(=O)[C@H](Cc1c[nH]c2ccccc12)NC(=O)[C@@H](NC(=O)CNC(=O)[C@@H]1CCCN1)[C@@H](C)CC)[C@@H](C)O)C(=O)O. The van der Waals surface area contributed by atoms with Gasteiger partial charge in [-0.05, 0) is 113 Å². The van der Waals surface area contributed by atoms with E-state index in [-0.39, 0.29) is 37.9 Å². The lowest BCUT2D eigenvalue weighted by Crippen LogP contribution is -2.62. The molecule has 1 aromatic carbocycles. The normalized spacial score (nSPS) is 16.3. The zero-order valence-corrected chi connectivity index (χ0v) is 69.9. The van der Waals surface area contributed by atoms with Crippen LogP contribution in [0.25, 0.3) is 10.9 Å². The van der Waals surface area contributed by atoms with Gasteiger partial charge < -0.3 is 122 Å². The molecule has 666 valence electrons. The molecule has 0 aliphatic carbocycles. The lowest BCUT2D eigenvalue weighted by molar-refractivity contribution is -0.144. The van der Waals surface area contributed by atoms with E-state index in [4.69, 9.17) is 11.5 Å². The van der Waals surface area contributed by atoms with Crippen molar-refractivity contribution in [1.29, 1.82) is 0 Å². The number of aromatic amines is 2. The second-order valence-electron chi connectivity index (χ2n) is 30.7. The van der Waals surface area contributed by atoms with E-state index in [1.807, 2.05) is 0 Å². The van der Waals surface area contributed by atoms with Crippen molar-refractivity contribution in [2.45, 2.75) is 250 Å². The van der Waals surface area contributed by atoms with Crippen LogP contribution in [0.1, 0.15) is 163 Å². The molecule has 0 unspecified atom stereocenters. The Bertz CT molecular complexity index is 4010. The Hall–Kier alpha value is -11.3. The number of carbonyl (C=O) groups excluding carboxylic acids is 15. The number of H-pyrrole nitrogens is 2. The van der Waals surface area contributed by atoms with Crippen LogP contribution in [0.5, 0.6) is 0 Å². The molecule has 1 fully saturated rings. The predicted molar refractivity (Wildman–Crippen MR) is 436 cm³/mol. The monoisotopic (exact) mass is 1710 g/mol. The number of aromatic nitrogens is 3. The third kappa shape index (κ3) is 34.5. The fraction of sp³-hybridized carbons (Fsp3) is 0.623. The highest BCUT2D eigenvalue weighted by Gasteiger charge is 2.40. The second-order valence-corrected chi connectivity index (χ2v) is 31.0. The summed E-state index contributed by atoms with van der Waals surface area (Å²) in [6, 6.07) is -12.9. The summed E-state index contributed by atoms with van der Waals surface area (Å²) in [4.78, 5) is 255. The highest BCUT2D eigenvalue weighted by atomic mass is 32.1. The Labute approximate surface area is 699 Å². The number of fused-ring (bicyclic) bond motifs is 1. The van der Waals surface area contributed by atoms with E-state index in [1.54, 1.807) is 85.9 Å². The summed E-state index contributed by atoms with van der Waals surface area (Å²) in [6.45, 7) is 14.1. The van der Waals surface area contributed by atoms with Crippen molar-refractivity contribution in [3.8, 4) is 0 Å². The Kier molecular flexibility index (Phi) is 43.1. The van der Waals surface area contributed by atoms with E-state index in [0.717, 1.165) is 13.3 Å². The molecule has 1 aliphatic rings. The van der Waals surface area contributed by atoms with Gasteiger partial charge in [0.15, 0.2) is 0 Å². The molecule has 120 heavy (non-hydrogen) atoms. The smallest absolute Gasteiger partial charge is 0.326 e. The number of nitrogens with zero attached hydrogens (tertiary/aromatic N) is 1. The summed E-state index contributed by atoms with van der Waals surface area (Å²) in [7, 11) is 0. The minimum absolute atomic E-state index is 0.0291. The highest BCUT2D eigenvalue weighted by Crippen LogP contribution is 2.21. The van der Waals surface area contributed by atoms with Crippen LogP contribution in [0.4, 0.5) is 0 Å². The van der Waals surface area contributed by atoms with Crippen LogP contribution >= 0.6 is 12.6 Å². The maximum atomic E-state index is 14.8. The van der Waals surface area contributed by atoms with Crippen LogP contribution < -0.4 is 91.2 Å². The van der Waals surface area contributed by atoms with Gasteiger partial charge in [0.05, 0.1) is 38.0 Å². The minimum atomic E-state index is -2.05. The van der Waals surface area contributed by atoms with Crippen molar-refractivity contribution in [2.24, 2.45) is 35.1 Å². The molecule has 3 aromatic rings. The number of aliphatic hydroxyl groups excluding tert-OH is 1. The molecule has 1 saturated heterocycles. The molecule has 0 saturated carbocycles. The minimum Gasteiger partial charge on any atom is -0.481 e. The molecule has 16 atom stereocenters. The molecule has 4 rings (SSSR count). The highest BCUT2D eigenvalue weighted by molar-refractivity contribution is 7.80. The summed E-state index contributed by atoms with van der Waals surface area (Å²) in [5.74, 6) is -21.6. The number of carboxylic acids is 3. The van der Waals surface area contributed by atoms with Gasteiger partial charge in [0, 0.05) is 60.4 Å². The van der Waals surface area contributed by atoms with Crippen LogP contribution in [0.2, 0.25) is 0 Å². The van der Waals surface area contributed by atoms with Gasteiger partial charge in [-0.25, -0.2) is 9.78 Å². The van der Waals surface area contributed by atoms with Gasteiger partial charge in [-0.15, -0.1) is 0 Å². The number of carboxylic acid groups (broad SMARTS) is 3. The average Bonchev–Trinajstić information content (AvgIpc) is 1.68. The predicted octanol–water partition coefficient (Wildman–Crippen LogP) is -4.21. The average molecular weight is 1710 g/mol. The summed E-state index contributed by atoms with van der Waals surface area (Å²) in [5, 5.41) is 78.8. The van der Waals surface area contributed by atoms with Crippen molar-refractivity contribution in [2.75, 3.05) is 31.9 Å². The summed E-state index contributed by atoms with van der Waals surface area (Å²) >= 11 is 4.20. The summed E-state index contributed by atoms with van der Waals surface area (Å²) in [5.41, 5.74) is 12.6. The molecule has 2 aromatic heterocycles. The molecule has 3 heterocycles. The number of imidazole rings is 1. The number of thiol groups is 1. The lowest BCUT2D eigenvalue weighted by atomic mass is 9.97. The van der Waals surface area contributed by atoms with E-state index in [1.165, 1.54) is 12.5 Å². The molecule has 43 heteroatoms. The number of unbranched alkanes of at least 4 members (excludes halogenated alkanes) is 1. The number of aliphatic carboxylic acids is 3. The van der Waals surface area contributed by atoms with Gasteiger partial charge >= 0.3 is 17.9 Å². The van der Waals surface area contributed by atoms with Crippen molar-refractivity contribution in [1.82, 2.24) is 94.7 Å². The zero-order valence-electron chi connectivity index (χ0n) is 69.0. The van der Waals surface area contributed by atoms with Crippen molar-refractivity contribution < 1.29 is 107 Å². The summed E-state index contributed by atoms with van der Waals surface area (Å²) < 4.78 is 0. The van der Waals surface area contributed by atoms with Crippen LogP contribution in [0.3, 0.4) is 0 Å². The first-order valence-electron chi connectivity index (χ1n) is 40.1. The van der Waals surface area contributed by atoms with Crippen LogP contribution in [-0.4, -0.2) is 258 Å². The molecule has 1 aliphatic heterocycles. The van der Waals surface area contributed by atoms with Gasteiger partial charge in [-0.3, -0.25) is 81.5 Å². The topological polar surface area (TPSA) is 665 Å². The van der Waals surface area contributed by atoms with Gasteiger partial charge in [-0.2, -0.15) is 12.6 Å². The molecule has 25 N–H and O–H groups in total. The van der Waals surface area contributed by atoms with Crippen molar-refractivity contribution in [3.05, 3.63) is 54.2 Å². The van der Waals surface area contributed by atoms with E-state index in [2.05, 4.69) is 107 Å². The molecule has 0 radical (unpaired) electrons. The molecule has 42 nitrogen and oxygen atoms in total. The Morgan fingerprint density at radius 3 is 1.53 bits per heavy atom. The van der Waals surface area contributed by atoms with Crippen LogP contribution in [0.15, 0.2) is 43.0 Å².